The van der Waals surface area contributed by atoms with E-state index in [1.807, 2.05) is 24.5 Å². The van der Waals surface area contributed by atoms with Crippen LogP contribution in [0.3, 0.4) is 0 Å². The Labute approximate surface area is 119 Å². The van der Waals surface area contributed by atoms with E-state index in [0.29, 0.717) is 0 Å². The smallest absolute Gasteiger partial charge is 0.0832 e. The standard InChI is InChI=1S/C12H13ClIN3/c1-2-15-6-9-3-4-12(11(13)5-9)17-8-10(14)7-16-17/h3-5,7-8,15H,2,6H2,1H3. The van der Waals surface area contributed by atoms with E-state index in [-0.39, 0.29) is 0 Å². The Morgan fingerprint density at radius 2 is 2.29 bits per heavy atom. The van der Waals surface area contributed by atoms with Gasteiger partial charge in [0.15, 0.2) is 0 Å². The fourth-order valence-electron chi connectivity index (χ4n) is 1.55. The van der Waals surface area contributed by atoms with E-state index in [2.05, 4.69) is 46.0 Å². The topological polar surface area (TPSA) is 29.9 Å². The van der Waals surface area contributed by atoms with E-state index in [1.54, 1.807) is 4.68 Å². The van der Waals surface area contributed by atoms with Crippen LogP contribution in [-0.2, 0) is 6.54 Å². The minimum atomic E-state index is 0.722. The van der Waals surface area contributed by atoms with E-state index >= 15 is 0 Å². The SMILES string of the molecule is CCNCc1ccc(-n2cc(I)cn2)c(Cl)c1. The van der Waals surface area contributed by atoms with Crippen molar-refractivity contribution in [3.63, 3.8) is 0 Å². The number of rotatable bonds is 4. The van der Waals surface area contributed by atoms with Crippen molar-refractivity contribution < 1.29 is 0 Å². The largest absolute Gasteiger partial charge is 0.313 e. The highest BCUT2D eigenvalue weighted by Gasteiger charge is 2.05. The van der Waals surface area contributed by atoms with Crippen LogP contribution in [0.15, 0.2) is 30.6 Å². The summed E-state index contributed by atoms with van der Waals surface area (Å²) >= 11 is 8.49. The number of halogens is 2. The Morgan fingerprint density at radius 1 is 1.47 bits per heavy atom. The highest BCUT2D eigenvalue weighted by Crippen LogP contribution is 2.22. The Balaban J connectivity index is 2.25. The van der Waals surface area contributed by atoms with Crippen LogP contribution in [0.5, 0.6) is 0 Å². The van der Waals surface area contributed by atoms with Crippen molar-refractivity contribution in [2.45, 2.75) is 13.5 Å². The lowest BCUT2D eigenvalue weighted by molar-refractivity contribution is 0.726. The van der Waals surface area contributed by atoms with Gasteiger partial charge in [0.1, 0.15) is 0 Å². The highest BCUT2D eigenvalue weighted by atomic mass is 127. The fraction of sp³-hybridized carbons (Fsp3) is 0.250. The Morgan fingerprint density at radius 3 is 2.88 bits per heavy atom. The molecular formula is C12H13ClIN3. The molecule has 0 saturated heterocycles. The molecule has 0 aliphatic heterocycles. The van der Waals surface area contributed by atoms with Crippen LogP contribution in [0.4, 0.5) is 0 Å². The van der Waals surface area contributed by atoms with Gasteiger partial charge >= 0.3 is 0 Å². The van der Waals surface area contributed by atoms with Gasteiger partial charge in [0.2, 0.25) is 0 Å². The summed E-state index contributed by atoms with van der Waals surface area (Å²) in [7, 11) is 0. The van der Waals surface area contributed by atoms with Crippen molar-refractivity contribution in [3.8, 4) is 5.69 Å². The zero-order valence-corrected chi connectivity index (χ0v) is 12.4. The molecule has 0 amide bonds. The van der Waals surface area contributed by atoms with Crippen LogP contribution < -0.4 is 5.32 Å². The monoisotopic (exact) mass is 361 g/mol. The number of hydrogen-bond acceptors (Lipinski definition) is 2. The van der Waals surface area contributed by atoms with Gasteiger partial charge in [0.25, 0.3) is 0 Å². The average Bonchev–Trinajstić information content (AvgIpc) is 2.73. The third kappa shape index (κ3) is 3.20. The molecule has 0 unspecified atom stereocenters. The molecule has 0 spiro atoms. The molecule has 0 aliphatic carbocycles. The van der Waals surface area contributed by atoms with Crippen molar-refractivity contribution in [1.82, 2.24) is 15.1 Å². The lowest BCUT2D eigenvalue weighted by Crippen LogP contribution is -2.11. The highest BCUT2D eigenvalue weighted by molar-refractivity contribution is 14.1. The Kier molecular flexibility index (Phi) is 4.42. The van der Waals surface area contributed by atoms with Gasteiger partial charge in [-0.1, -0.05) is 24.6 Å². The van der Waals surface area contributed by atoms with Crippen molar-refractivity contribution in [2.24, 2.45) is 0 Å². The zero-order valence-electron chi connectivity index (χ0n) is 9.45. The van der Waals surface area contributed by atoms with Gasteiger partial charge < -0.3 is 5.32 Å². The molecule has 2 rings (SSSR count). The van der Waals surface area contributed by atoms with Crippen LogP contribution in [-0.4, -0.2) is 16.3 Å². The average molecular weight is 362 g/mol. The maximum absolute atomic E-state index is 6.26. The summed E-state index contributed by atoms with van der Waals surface area (Å²) in [4.78, 5) is 0. The van der Waals surface area contributed by atoms with Gasteiger partial charge in [0, 0.05) is 12.7 Å². The van der Waals surface area contributed by atoms with Crippen LogP contribution >= 0.6 is 34.2 Å². The van der Waals surface area contributed by atoms with Crippen LogP contribution in [0.1, 0.15) is 12.5 Å². The van der Waals surface area contributed by atoms with Crippen LogP contribution in [0.2, 0.25) is 5.02 Å². The molecule has 1 aromatic heterocycles. The zero-order chi connectivity index (χ0) is 12.3. The number of nitrogens with zero attached hydrogens (tertiary/aromatic N) is 2. The molecule has 0 saturated carbocycles. The van der Waals surface area contributed by atoms with E-state index < -0.39 is 0 Å². The van der Waals surface area contributed by atoms with Gasteiger partial charge in [-0.25, -0.2) is 4.68 Å². The van der Waals surface area contributed by atoms with Gasteiger partial charge in [-0.15, -0.1) is 0 Å². The van der Waals surface area contributed by atoms with Crippen molar-refractivity contribution in [2.75, 3.05) is 6.54 Å². The van der Waals surface area contributed by atoms with Gasteiger partial charge in [-0.05, 0) is 46.8 Å². The number of benzene rings is 1. The summed E-state index contributed by atoms with van der Waals surface area (Å²) in [6.07, 6.45) is 3.76. The second-order valence-electron chi connectivity index (χ2n) is 3.67. The molecule has 0 fully saturated rings. The normalized spacial score (nSPS) is 10.8. The quantitative estimate of drug-likeness (QED) is 0.847. The lowest BCUT2D eigenvalue weighted by Gasteiger charge is -2.07. The van der Waals surface area contributed by atoms with E-state index in [9.17, 15) is 0 Å². The van der Waals surface area contributed by atoms with Gasteiger partial charge in [-0.3, -0.25) is 0 Å². The lowest BCUT2D eigenvalue weighted by atomic mass is 10.2. The minimum Gasteiger partial charge on any atom is -0.313 e. The molecule has 5 heteroatoms. The van der Waals surface area contributed by atoms with Crippen molar-refractivity contribution in [3.05, 3.63) is 44.7 Å². The van der Waals surface area contributed by atoms with Crippen molar-refractivity contribution >= 4 is 34.2 Å². The first-order valence-electron chi connectivity index (χ1n) is 5.40. The molecule has 2 aromatic rings. The van der Waals surface area contributed by atoms with Gasteiger partial charge in [0.05, 0.1) is 20.5 Å². The molecule has 0 atom stereocenters. The van der Waals surface area contributed by atoms with E-state index in [4.69, 9.17) is 11.6 Å². The second kappa shape index (κ2) is 5.84. The first-order chi connectivity index (χ1) is 8.20. The van der Waals surface area contributed by atoms with Crippen molar-refractivity contribution in [1.29, 1.82) is 0 Å². The molecular weight excluding hydrogens is 349 g/mol. The Hall–Kier alpha value is -0.590. The fourth-order valence-corrected chi connectivity index (χ4v) is 2.23. The number of aromatic nitrogens is 2. The number of nitrogens with one attached hydrogen (secondary N) is 1. The summed E-state index contributed by atoms with van der Waals surface area (Å²) in [6.45, 7) is 3.88. The maximum Gasteiger partial charge on any atom is 0.0832 e. The molecule has 17 heavy (non-hydrogen) atoms. The third-order valence-corrected chi connectivity index (χ3v) is 3.25. The second-order valence-corrected chi connectivity index (χ2v) is 5.32. The molecule has 1 N–H and O–H groups in total. The molecule has 0 bridgehead atoms. The molecule has 1 heterocycles. The molecule has 0 aliphatic rings. The summed E-state index contributed by atoms with van der Waals surface area (Å²) in [5, 5.41) is 8.24. The Bertz CT molecular complexity index is 510. The molecule has 3 nitrogen and oxygen atoms in total. The van der Waals surface area contributed by atoms with E-state index in [0.717, 1.165) is 27.4 Å². The number of hydrogen-bond donors (Lipinski definition) is 1. The minimum absolute atomic E-state index is 0.722. The first kappa shape index (κ1) is 12.9. The maximum atomic E-state index is 6.26. The first-order valence-corrected chi connectivity index (χ1v) is 6.86. The van der Waals surface area contributed by atoms with Crippen LogP contribution in [0, 0.1) is 3.57 Å². The van der Waals surface area contributed by atoms with Gasteiger partial charge in [-0.2, -0.15) is 5.10 Å². The molecule has 90 valence electrons. The summed E-state index contributed by atoms with van der Waals surface area (Å²) in [5.74, 6) is 0. The van der Waals surface area contributed by atoms with Crippen LogP contribution in [0.25, 0.3) is 5.69 Å². The predicted octanol–water partition coefficient (Wildman–Crippen LogP) is 3.24. The third-order valence-electron chi connectivity index (χ3n) is 2.39. The predicted molar refractivity (Wildman–Crippen MR) is 78.7 cm³/mol. The van der Waals surface area contributed by atoms with E-state index in [1.165, 1.54) is 5.56 Å². The molecule has 0 radical (unpaired) electrons. The summed E-state index contributed by atoms with van der Waals surface area (Å²) in [6, 6.07) is 6.05. The summed E-state index contributed by atoms with van der Waals surface area (Å²) in [5.41, 5.74) is 2.09. The molecule has 1 aromatic carbocycles. The summed E-state index contributed by atoms with van der Waals surface area (Å²) < 4.78 is 2.89.